The molecule has 1 aliphatic heterocycles. The molecule has 3 rings (SSSR count). The van der Waals surface area contributed by atoms with E-state index < -0.39 is 4.92 Å². The molecule has 1 heterocycles. The summed E-state index contributed by atoms with van der Waals surface area (Å²) in [6.07, 6.45) is 0. The fourth-order valence-electron chi connectivity index (χ4n) is 3.01. The molecule has 8 nitrogen and oxygen atoms in total. The highest BCUT2D eigenvalue weighted by atomic mass is 127. The molecule has 2 aromatic rings. The molecular weight excluding hydrogens is 533 g/mol. The monoisotopic (exact) mass is 559 g/mol. The van der Waals surface area contributed by atoms with Crippen molar-refractivity contribution in [3.8, 4) is 0 Å². The Bertz CT molecular complexity index is 843. The fraction of sp³-hybridized carbons (Fsp3) is 0.381. The summed E-state index contributed by atoms with van der Waals surface area (Å²) >= 11 is 5.95. The number of non-ortho nitro benzene ring substituents is 1. The third-order valence-corrected chi connectivity index (χ3v) is 5.02. The number of nitro benzene ring substituents is 1. The summed E-state index contributed by atoms with van der Waals surface area (Å²) in [5.74, 6) is 0.691. The third-order valence-electron chi connectivity index (χ3n) is 4.76. The highest BCUT2D eigenvalue weighted by Crippen LogP contribution is 2.12. The molecule has 0 aliphatic carbocycles. The zero-order valence-electron chi connectivity index (χ0n) is 17.1. The van der Waals surface area contributed by atoms with Crippen LogP contribution >= 0.6 is 35.6 Å². The van der Waals surface area contributed by atoms with Crippen molar-refractivity contribution in [1.82, 2.24) is 15.5 Å². The molecular formula is C21H27ClIN5O3. The Labute approximate surface area is 204 Å². The van der Waals surface area contributed by atoms with Gasteiger partial charge in [-0.25, -0.2) is 4.99 Å². The Morgan fingerprint density at radius 2 is 1.71 bits per heavy atom. The molecule has 1 fully saturated rings. The summed E-state index contributed by atoms with van der Waals surface area (Å²) in [7, 11) is 0. The number of rotatable bonds is 8. The molecule has 0 atom stereocenters. The molecule has 0 amide bonds. The lowest BCUT2D eigenvalue weighted by molar-refractivity contribution is -0.384. The predicted octanol–water partition coefficient (Wildman–Crippen LogP) is 3.43. The number of halogens is 2. The van der Waals surface area contributed by atoms with Crippen LogP contribution in [0.25, 0.3) is 0 Å². The number of ether oxygens (including phenoxy) is 1. The van der Waals surface area contributed by atoms with Crippen LogP contribution in [0.1, 0.15) is 11.1 Å². The normalized spacial score (nSPS) is 14.5. The van der Waals surface area contributed by atoms with E-state index in [0.717, 1.165) is 50.5 Å². The zero-order chi connectivity index (χ0) is 21.2. The fourth-order valence-corrected chi connectivity index (χ4v) is 3.14. The van der Waals surface area contributed by atoms with E-state index in [4.69, 9.17) is 16.3 Å². The second kappa shape index (κ2) is 13.5. The predicted molar refractivity (Wildman–Crippen MR) is 133 cm³/mol. The summed E-state index contributed by atoms with van der Waals surface area (Å²) in [5.41, 5.74) is 2.08. The van der Waals surface area contributed by atoms with Crippen molar-refractivity contribution in [2.24, 2.45) is 4.99 Å². The zero-order valence-corrected chi connectivity index (χ0v) is 20.2. The SMILES string of the molecule is I.O=[N+]([O-])c1ccc(CNC(=NCc2ccc(Cl)cc2)NCCN2CCOCC2)cc1. The summed E-state index contributed by atoms with van der Waals surface area (Å²) in [4.78, 5) is 17.4. The molecule has 0 unspecified atom stereocenters. The van der Waals surface area contributed by atoms with Crippen molar-refractivity contribution in [3.63, 3.8) is 0 Å². The summed E-state index contributed by atoms with van der Waals surface area (Å²) < 4.78 is 5.38. The van der Waals surface area contributed by atoms with E-state index in [1.165, 1.54) is 12.1 Å². The van der Waals surface area contributed by atoms with Gasteiger partial charge < -0.3 is 15.4 Å². The Morgan fingerprint density at radius 3 is 2.35 bits per heavy atom. The maximum Gasteiger partial charge on any atom is 0.269 e. The van der Waals surface area contributed by atoms with Gasteiger partial charge in [0.2, 0.25) is 0 Å². The second-order valence-corrected chi connectivity index (χ2v) is 7.39. The molecule has 1 saturated heterocycles. The Hall–Kier alpha value is -1.95. The van der Waals surface area contributed by atoms with Gasteiger partial charge in [-0.1, -0.05) is 35.9 Å². The number of aliphatic imine (C=N–C) groups is 1. The van der Waals surface area contributed by atoms with Crippen molar-refractivity contribution in [1.29, 1.82) is 0 Å². The van der Waals surface area contributed by atoms with Gasteiger partial charge >= 0.3 is 0 Å². The molecule has 2 aromatic carbocycles. The van der Waals surface area contributed by atoms with E-state index in [1.54, 1.807) is 12.1 Å². The minimum absolute atomic E-state index is 0. The van der Waals surface area contributed by atoms with Gasteiger partial charge in [-0.15, -0.1) is 24.0 Å². The van der Waals surface area contributed by atoms with E-state index in [1.807, 2.05) is 24.3 Å². The molecule has 0 radical (unpaired) electrons. The first-order chi connectivity index (χ1) is 14.6. The number of hydrogen-bond donors (Lipinski definition) is 2. The highest BCUT2D eigenvalue weighted by Gasteiger charge is 2.10. The Balaban J connectivity index is 0.00000341. The molecule has 0 aromatic heterocycles. The van der Waals surface area contributed by atoms with E-state index >= 15 is 0 Å². The number of benzene rings is 2. The van der Waals surface area contributed by atoms with Crippen LogP contribution in [-0.4, -0.2) is 55.2 Å². The smallest absolute Gasteiger partial charge is 0.269 e. The van der Waals surface area contributed by atoms with Crippen molar-refractivity contribution in [3.05, 3.63) is 74.8 Å². The number of hydrogen-bond acceptors (Lipinski definition) is 5. The quantitative estimate of drug-likeness (QED) is 0.169. The Morgan fingerprint density at radius 1 is 1.06 bits per heavy atom. The average molecular weight is 560 g/mol. The summed E-state index contributed by atoms with van der Waals surface area (Å²) in [6, 6.07) is 14.1. The van der Waals surface area contributed by atoms with Gasteiger partial charge in [-0.3, -0.25) is 15.0 Å². The van der Waals surface area contributed by atoms with Crippen LogP contribution in [0.3, 0.4) is 0 Å². The molecule has 0 bridgehead atoms. The van der Waals surface area contributed by atoms with Gasteiger partial charge in [0.05, 0.1) is 24.7 Å². The van der Waals surface area contributed by atoms with Crippen molar-refractivity contribution in [2.75, 3.05) is 39.4 Å². The van der Waals surface area contributed by atoms with Crippen LogP contribution in [0, 0.1) is 10.1 Å². The van der Waals surface area contributed by atoms with Crippen molar-refractivity contribution in [2.45, 2.75) is 13.1 Å². The van der Waals surface area contributed by atoms with Crippen LogP contribution in [0.4, 0.5) is 5.69 Å². The first-order valence-corrected chi connectivity index (χ1v) is 10.3. The maximum atomic E-state index is 10.8. The first-order valence-electron chi connectivity index (χ1n) is 9.90. The van der Waals surface area contributed by atoms with E-state index in [0.29, 0.717) is 24.1 Å². The topological polar surface area (TPSA) is 92.0 Å². The van der Waals surface area contributed by atoms with Gasteiger partial charge in [0.25, 0.3) is 5.69 Å². The van der Waals surface area contributed by atoms with Crippen LogP contribution in [-0.2, 0) is 17.8 Å². The number of nitrogens with one attached hydrogen (secondary N) is 2. The third kappa shape index (κ3) is 8.98. The van der Waals surface area contributed by atoms with Crippen LogP contribution < -0.4 is 10.6 Å². The van der Waals surface area contributed by atoms with Crippen LogP contribution in [0.5, 0.6) is 0 Å². The van der Waals surface area contributed by atoms with E-state index in [9.17, 15) is 10.1 Å². The van der Waals surface area contributed by atoms with Gasteiger partial charge in [0, 0.05) is 49.9 Å². The van der Waals surface area contributed by atoms with Gasteiger partial charge in [-0.2, -0.15) is 0 Å². The number of nitrogens with zero attached hydrogens (tertiary/aromatic N) is 3. The molecule has 168 valence electrons. The summed E-state index contributed by atoms with van der Waals surface area (Å²) in [5, 5.41) is 18.2. The molecule has 2 N–H and O–H groups in total. The van der Waals surface area contributed by atoms with E-state index in [2.05, 4.69) is 20.5 Å². The van der Waals surface area contributed by atoms with Crippen molar-refractivity contribution < 1.29 is 9.66 Å². The molecule has 0 spiro atoms. The largest absolute Gasteiger partial charge is 0.379 e. The lowest BCUT2D eigenvalue weighted by Crippen LogP contribution is -2.44. The average Bonchev–Trinajstić information content (AvgIpc) is 2.77. The van der Waals surface area contributed by atoms with Gasteiger partial charge in [-0.05, 0) is 23.3 Å². The maximum absolute atomic E-state index is 10.8. The van der Waals surface area contributed by atoms with Crippen LogP contribution in [0.2, 0.25) is 5.02 Å². The molecule has 0 saturated carbocycles. The standard InChI is InChI=1S/C21H26ClN5O3.HI/c22-19-5-1-17(2-6-19)15-24-21(23-9-10-26-11-13-30-14-12-26)25-16-18-3-7-20(8-4-18)27(28)29;/h1-8H,9-16H2,(H2,23,24,25);1H. The molecule has 31 heavy (non-hydrogen) atoms. The summed E-state index contributed by atoms with van der Waals surface area (Å²) in [6.45, 7) is 6.12. The Kier molecular flexibility index (Phi) is 11.0. The minimum atomic E-state index is -0.399. The lowest BCUT2D eigenvalue weighted by atomic mass is 10.2. The number of morpholine rings is 1. The molecule has 10 heteroatoms. The van der Waals surface area contributed by atoms with E-state index in [-0.39, 0.29) is 29.7 Å². The number of nitro groups is 1. The lowest BCUT2D eigenvalue weighted by Gasteiger charge is -2.26. The van der Waals surface area contributed by atoms with Gasteiger partial charge in [0.1, 0.15) is 0 Å². The minimum Gasteiger partial charge on any atom is -0.379 e. The molecule has 1 aliphatic rings. The highest BCUT2D eigenvalue weighted by molar-refractivity contribution is 14.0. The number of guanidine groups is 1. The second-order valence-electron chi connectivity index (χ2n) is 6.95. The van der Waals surface area contributed by atoms with Gasteiger partial charge in [0.15, 0.2) is 5.96 Å². The van der Waals surface area contributed by atoms with Crippen LogP contribution in [0.15, 0.2) is 53.5 Å². The van der Waals surface area contributed by atoms with Crippen molar-refractivity contribution >= 4 is 47.2 Å². The first kappa shape index (κ1) is 25.3.